The molecule has 1 saturated heterocycles. The lowest BCUT2D eigenvalue weighted by Crippen LogP contribution is -2.44. The molecule has 138 valence electrons. The number of piperidine rings is 1. The Morgan fingerprint density at radius 2 is 2.19 bits per heavy atom. The fraction of sp³-hybridized carbons (Fsp3) is 0.368. The summed E-state index contributed by atoms with van der Waals surface area (Å²) in [5.74, 6) is -0.0115. The van der Waals surface area contributed by atoms with Crippen LogP contribution in [0.2, 0.25) is 0 Å². The van der Waals surface area contributed by atoms with Gasteiger partial charge in [-0.2, -0.15) is 0 Å². The summed E-state index contributed by atoms with van der Waals surface area (Å²) in [6.07, 6.45) is 6.37. The van der Waals surface area contributed by atoms with Gasteiger partial charge in [-0.15, -0.1) is 11.8 Å². The van der Waals surface area contributed by atoms with E-state index in [1.807, 2.05) is 24.5 Å². The van der Waals surface area contributed by atoms with E-state index in [0.717, 1.165) is 37.0 Å². The third kappa shape index (κ3) is 4.95. The molecule has 5 nitrogen and oxygen atoms in total. The van der Waals surface area contributed by atoms with Gasteiger partial charge in [0.15, 0.2) is 0 Å². The number of carbonyl (C=O) groups excluding carboxylic acids is 1. The first kappa shape index (κ1) is 18.7. The van der Waals surface area contributed by atoms with E-state index in [-0.39, 0.29) is 29.8 Å². The molecule has 1 aromatic rings. The van der Waals surface area contributed by atoms with Crippen LogP contribution in [0, 0.1) is 0 Å². The Morgan fingerprint density at radius 3 is 2.96 bits per heavy atom. The fourth-order valence-electron chi connectivity index (χ4n) is 2.81. The van der Waals surface area contributed by atoms with Crippen LogP contribution in [0.5, 0.6) is 5.75 Å². The van der Waals surface area contributed by atoms with Crippen molar-refractivity contribution in [1.82, 2.24) is 10.6 Å². The van der Waals surface area contributed by atoms with E-state index in [4.69, 9.17) is 4.74 Å². The summed E-state index contributed by atoms with van der Waals surface area (Å²) in [5.41, 5.74) is 0.266. The Hall–Kier alpha value is -2.12. The quantitative estimate of drug-likeness (QED) is 0.794. The number of nitrogens with zero attached hydrogens (tertiary/aromatic N) is 1. The molecule has 26 heavy (non-hydrogen) atoms. The predicted molar refractivity (Wildman–Crippen MR) is 102 cm³/mol. The van der Waals surface area contributed by atoms with Gasteiger partial charge in [0.25, 0.3) is 5.91 Å². The van der Waals surface area contributed by atoms with Gasteiger partial charge in [-0.25, -0.2) is 9.38 Å². The number of ether oxygens (including phenoxy) is 1. The number of aliphatic imine (C=N–C) groups is 1. The predicted octanol–water partition coefficient (Wildman–Crippen LogP) is 3.20. The van der Waals surface area contributed by atoms with Gasteiger partial charge in [0.1, 0.15) is 11.6 Å². The van der Waals surface area contributed by atoms with Crippen LogP contribution in [-0.2, 0) is 4.79 Å². The molecule has 1 amide bonds. The van der Waals surface area contributed by atoms with Crippen molar-refractivity contribution in [2.45, 2.75) is 30.2 Å². The molecule has 0 atom stereocenters. The summed E-state index contributed by atoms with van der Waals surface area (Å²) in [7, 11) is 0. The first-order valence-corrected chi connectivity index (χ1v) is 9.84. The number of nitrogens with one attached hydrogen (secondary N) is 2. The van der Waals surface area contributed by atoms with E-state index in [9.17, 15) is 9.18 Å². The van der Waals surface area contributed by atoms with Gasteiger partial charge in [-0.3, -0.25) is 4.79 Å². The zero-order valence-electron chi connectivity index (χ0n) is 14.6. The molecule has 0 aromatic heterocycles. The van der Waals surface area contributed by atoms with Gasteiger partial charge in [0.05, 0.1) is 11.8 Å². The molecule has 1 aromatic carbocycles. The molecule has 2 aliphatic rings. The van der Waals surface area contributed by atoms with Crippen LogP contribution in [0.3, 0.4) is 0 Å². The van der Waals surface area contributed by atoms with Crippen molar-refractivity contribution in [2.75, 3.05) is 19.3 Å². The summed E-state index contributed by atoms with van der Waals surface area (Å²) in [6, 6.07) is 7.59. The molecular formula is C19H22FN3O2S. The van der Waals surface area contributed by atoms with Gasteiger partial charge in [0, 0.05) is 17.4 Å². The lowest BCUT2D eigenvalue weighted by molar-refractivity contribution is -0.117. The van der Waals surface area contributed by atoms with Crippen LogP contribution in [0.15, 0.2) is 57.8 Å². The van der Waals surface area contributed by atoms with Crippen molar-refractivity contribution < 1.29 is 13.9 Å². The highest BCUT2D eigenvalue weighted by Crippen LogP contribution is 2.23. The van der Waals surface area contributed by atoms with Crippen LogP contribution >= 0.6 is 11.8 Å². The van der Waals surface area contributed by atoms with Crippen LogP contribution in [0.4, 0.5) is 4.39 Å². The fourth-order valence-corrected chi connectivity index (χ4v) is 3.26. The van der Waals surface area contributed by atoms with E-state index in [1.165, 1.54) is 6.08 Å². The number of hydrogen-bond acceptors (Lipinski definition) is 5. The summed E-state index contributed by atoms with van der Waals surface area (Å²) in [6.45, 7) is 1.75. The Morgan fingerprint density at radius 1 is 1.38 bits per heavy atom. The first-order valence-electron chi connectivity index (χ1n) is 8.62. The average Bonchev–Trinajstić information content (AvgIpc) is 2.84. The maximum absolute atomic E-state index is 13.7. The topological polar surface area (TPSA) is 62.7 Å². The molecule has 2 N–H and O–H groups in total. The van der Waals surface area contributed by atoms with Gasteiger partial charge in [-0.05, 0) is 50.4 Å². The molecule has 0 unspecified atom stereocenters. The zero-order chi connectivity index (χ0) is 18.4. The summed E-state index contributed by atoms with van der Waals surface area (Å²) in [4.78, 5) is 17.8. The largest absolute Gasteiger partial charge is 0.438 e. The minimum atomic E-state index is -0.409. The normalized spacial score (nSPS) is 18.3. The van der Waals surface area contributed by atoms with Crippen molar-refractivity contribution in [3.05, 3.63) is 47.9 Å². The van der Waals surface area contributed by atoms with E-state index < -0.39 is 5.83 Å². The third-order valence-corrected chi connectivity index (χ3v) is 4.95. The van der Waals surface area contributed by atoms with E-state index in [0.29, 0.717) is 5.75 Å². The monoisotopic (exact) mass is 375 g/mol. The molecule has 2 heterocycles. The van der Waals surface area contributed by atoms with Crippen LogP contribution < -0.4 is 15.4 Å². The summed E-state index contributed by atoms with van der Waals surface area (Å²) in [5, 5.41) is 6.27. The maximum Gasteiger partial charge on any atom is 0.256 e. The molecule has 0 bridgehead atoms. The number of carbonyl (C=O) groups is 1. The molecule has 0 spiro atoms. The molecule has 3 rings (SSSR count). The molecular weight excluding hydrogens is 353 g/mol. The number of benzene rings is 1. The Bertz CT molecular complexity index is 755. The van der Waals surface area contributed by atoms with Crippen molar-refractivity contribution in [2.24, 2.45) is 4.99 Å². The SMILES string of the molecule is CSc1cccc(OC2=NC=C(F)CC=C2C(=O)NC2CCNCC2)c1. The molecule has 0 saturated carbocycles. The average molecular weight is 375 g/mol. The maximum atomic E-state index is 13.7. The molecule has 7 heteroatoms. The molecule has 2 aliphatic heterocycles. The second kappa shape index (κ2) is 9.00. The minimum absolute atomic E-state index is 0.0240. The second-order valence-corrected chi connectivity index (χ2v) is 6.99. The van der Waals surface area contributed by atoms with Gasteiger partial charge < -0.3 is 15.4 Å². The summed E-state index contributed by atoms with van der Waals surface area (Å²) < 4.78 is 19.5. The Labute approximate surface area is 156 Å². The van der Waals surface area contributed by atoms with Gasteiger partial charge in [-0.1, -0.05) is 12.1 Å². The highest BCUT2D eigenvalue weighted by molar-refractivity contribution is 7.98. The molecule has 0 radical (unpaired) electrons. The number of halogens is 1. The molecule has 0 aliphatic carbocycles. The number of amides is 1. The zero-order valence-corrected chi connectivity index (χ0v) is 15.4. The van der Waals surface area contributed by atoms with Crippen LogP contribution in [-0.4, -0.2) is 37.2 Å². The Kier molecular flexibility index (Phi) is 6.46. The van der Waals surface area contributed by atoms with E-state index >= 15 is 0 Å². The molecule has 1 fully saturated rings. The second-order valence-electron chi connectivity index (χ2n) is 6.11. The number of hydrogen-bond donors (Lipinski definition) is 2. The smallest absolute Gasteiger partial charge is 0.256 e. The standard InChI is InChI=1S/C19H22FN3O2S/c1-26-16-4-2-3-15(11-16)25-19-17(6-5-13(20)12-22-19)18(24)23-14-7-9-21-10-8-14/h2-4,6,11-12,14,21H,5,7-10H2,1H3,(H,23,24). The van der Waals surface area contributed by atoms with Crippen molar-refractivity contribution >= 4 is 23.6 Å². The number of thioether (sulfide) groups is 1. The minimum Gasteiger partial charge on any atom is -0.438 e. The van der Waals surface area contributed by atoms with Crippen molar-refractivity contribution in [3.8, 4) is 5.75 Å². The third-order valence-electron chi connectivity index (χ3n) is 4.23. The van der Waals surface area contributed by atoms with Gasteiger partial charge >= 0.3 is 0 Å². The first-order chi connectivity index (χ1) is 12.7. The number of allylic oxidation sites excluding steroid dienone is 2. The van der Waals surface area contributed by atoms with Crippen molar-refractivity contribution in [3.63, 3.8) is 0 Å². The van der Waals surface area contributed by atoms with Crippen molar-refractivity contribution in [1.29, 1.82) is 0 Å². The Balaban J connectivity index is 1.78. The highest BCUT2D eigenvalue weighted by Gasteiger charge is 2.23. The lowest BCUT2D eigenvalue weighted by atomic mass is 10.1. The van der Waals surface area contributed by atoms with E-state index in [2.05, 4.69) is 15.6 Å². The summed E-state index contributed by atoms with van der Waals surface area (Å²) >= 11 is 1.59. The van der Waals surface area contributed by atoms with Crippen LogP contribution in [0.1, 0.15) is 19.3 Å². The van der Waals surface area contributed by atoms with Crippen LogP contribution in [0.25, 0.3) is 0 Å². The number of rotatable bonds is 4. The van der Waals surface area contributed by atoms with E-state index in [1.54, 1.807) is 17.8 Å². The highest BCUT2D eigenvalue weighted by atomic mass is 32.2. The van der Waals surface area contributed by atoms with Gasteiger partial charge in [0.2, 0.25) is 5.90 Å². The lowest BCUT2D eigenvalue weighted by Gasteiger charge is -2.24.